The Morgan fingerprint density at radius 3 is 2.53 bits per heavy atom. The molecular formula is C20H21F3N4O5. The molecule has 1 N–H and O–H groups in total. The summed E-state index contributed by atoms with van der Waals surface area (Å²) in [4.78, 5) is 36.2. The molecule has 0 saturated carbocycles. The van der Waals surface area contributed by atoms with Gasteiger partial charge >= 0.3 is 12.1 Å². The monoisotopic (exact) mass is 454 g/mol. The van der Waals surface area contributed by atoms with Crippen molar-refractivity contribution in [1.29, 1.82) is 0 Å². The first-order valence-electron chi connectivity index (χ1n) is 9.76. The number of carbonyl (C=O) groups is 2. The van der Waals surface area contributed by atoms with E-state index in [1.165, 1.54) is 0 Å². The standard InChI is InChI=1S/C18H20N4O3.C2HF3O2/c1-12-10-21-13(11-20-12)18(23)22-8-5-15(17-14(22)6-9-24-17)25-16-4-2-3-7-19-16;3-2(4,5)1(6)7/h2-4,7,10-11,14-15,17H,5-6,8-9H2,1H3;(H,6,7)/t14-,15+,17-;/m0./s1. The van der Waals surface area contributed by atoms with Gasteiger partial charge in [-0.05, 0) is 19.4 Å². The number of hydrogen-bond donors (Lipinski definition) is 1. The highest BCUT2D eigenvalue weighted by atomic mass is 19.4. The quantitative estimate of drug-likeness (QED) is 0.751. The Kier molecular flexibility index (Phi) is 7.23. The Balaban J connectivity index is 0.000000360. The maximum Gasteiger partial charge on any atom is 0.490 e. The van der Waals surface area contributed by atoms with E-state index in [0.29, 0.717) is 31.1 Å². The second-order valence-corrected chi connectivity index (χ2v) is 7.15. The van der Waals surface area contributed by atoms with Gasteiger partial charge in [0.1, 0.15) is 17.9 Å². The number of carboxylic acid groups (broad SMARTS) is 1. The van der Waals surface area contributed by atoms with E-state index in [9.17, 15) is 18.0 Å². The van der Waals surface area contributed by atoms with E-state index in [-0.39, 0.29) is 24.2 Å². The van der Waals surface area contributed by atoms with Gasteiger partial charge in [-0.1, -0.05) is 6.07 Å². The van der Waals surface area contributed by atoms with Crippen molar-refractivity contribution in [2.45, 2.75) is 44.2 Å². The molecule has 2 aromatic rings. The first-order chi connectivity index (χ1) is 15.2. The van der Waals surface area contributed by atoms with E-state index >= 15 is 0 Å². The minimum Gasteiger partial charge on any atom is -0.475 e. The Bertz CT molecular complexity index is 927. The van der Waals surface area contributed by atoms with E-state index in [1.54, 1.807) is 18.6 Å². The summed E-state index contributed by atoms with van der Waals surface area (Å²) in [5.41, 5.74) is 1.17. The van der Waals surface area contributed by atoms with E-state index in [4.69, 9.17) is 19.4 Å². The summed E-state index contributed by atoms with van der Waals surface area (Å²) >= 11 is 0. The van der Waals surface area contributed by atoms with Gasteiger partial charge in [0.05, 0.1) is 17.9 Å². The smallest absolute Gasteiger partial charge is 0.475 e. The van der Waals surface area contributed by atoms with Gasteiger partial charge in [-0.25, -0.2) is 14.8 Å². The normalized spacial score (nSPS) is 22.4. The van der Waals surface area contributed by atoms with Gasteiger partial charge in [-0.2, -0.15) is 13.2 Å². The van der Waals surface area contributed by atoms with Crippen LogP contribution in [-0.2, 0) is 9.53 Å². The number of nitrogens with zero attached hydrogens (tertiary/aromatic N) is 4. The second kappa shape index (κ2) is 9.90. The maximum atomic E-state index is 12.8. The van der Waals surface area contributed by atoms with Gasteiger partial charge in [0, 0.05) is 38.0 Å². The molecule has 0 aromatic carbocycles. The fraction of sp³-hybridized carbons (Fsp3) is 0.450. The third-order valence-corrected chi connectivity index (χ3v) is 4.94. The molecule has 12 heteroatoms. The number of piperidine rings is 1. The third-order valence-electron chi connectivity index (χ3n) is 4.94. The lowest BCUT2D eigenvalue weighted by atomic mass is 9.95. The highest BCUT2D eigenvalue weighted by molar-refractivity contribution is 5.92. The van der Waals surface area contributed by atoms with Crippen LogP contribution >= 0.6 is 0 Å². The Morgan fingerprint density at radius 2 is 1.94 bits per heavy atom. The summed E-state index contributed by atoms with van der Waals surface area (Å²) in [5.74, 6) is -2.26. The second-order valence-electron chi connectivity index (χ2n) is 7.15. The first kappa shape index (κ1) is 23.4. The summed E-state index contributed by atoms with van der Waals surface area (Å²) in [6, 6.07) is 5.58. The van der Waals surface area contributed by atoms with Crippen molar-refractivity contribution in [1.82, 2.24) is 19.9 Å². The lowest BCUT2D eigenvalue weighted by Crippen LogP contribution is -2.56. The number of aliphatic carboxylic acids is 1. The highest BCUT2D eigenvalue weighted by Crippen LogP contribution is 2.31. The number of amides is 1. The van der Waals surface area contributed by atoms with Crippen molar-refractivity contribution in [3.8, 4) is 5.88 Å². The van der Waals surface area contributed by atoms with Gasteiger partial charge in [-0.3, -0.25) is 9.78 Å². The van der Waals surface area contributed by atoms with Crippen LogP contribution in [0.25, 0.3) is 0 Å². The van der Waals surface area contributed by atoms with Gasteiger partial charge in [0.15, 0.2) is 0 Å². The van der Waals surface area contributed by atoms with E-state index in [2.05, 4.69) is 15.0 Å². The average Bonchev–Trinajstić information content (AvgIpc) is 3.25. The van der Waals surface area contributed by atoms with Crippen LogP contribution in [0.1, 0.15) is 29.0 Å². The molecule has 0 bridgehead atoms. The molecule has 0 unspecified atom stereocenters. The predicted molar refractivity (Wildman–Crippen MR) is 103 cm³/mol. The van der Waals surface area contributed by atoms with Crippen LogP contribution in [0.5, 0.6) is 5.88 Å². The lowest BCUT2D eigenvalue weighted by molar-refractivity contribution is -0.192. The molecule has 2 fully saturated rings. The summed E-state index contributed by atoms with van der Waals surface area (Å²) < 4.78 is 43.6. The minimum atomic E-state index is -5.08. The van der Waals surface area contributed by atoms with Gasteiger partial charge in [-0.15, -0.1) is 0 Å². The Labute approximate surface area is 181 Å². The van der Waals surface area contributed by atoms with Gasteiger partial charge in [0.2, 0.25) is 5.88 Å². The molecule has 0 radical (unpaired) electrons. The summed E-state index contributed by atoms with van der Waals surface area (Å²) in [5, 5.41) is 7.12. The number of halogens is 3. The van der Waals surface area contributed by atoms with Crippen LogP contribution in [0.4, 0.5) is 13.2 Å². The SMILES string of the molecule is Cc1cnc(C(=O)N2CC[C@@H](Oc3ccccn3)[C@H]3OCC[C@@H]32)cn1.O=C(O)C(F)(F)F. The van der Waals surface area contributed by atoms with Crippen molar-refractivity contribution in [2.24, 2.45) is 0 Å². The zero-order valence-corrected chi connectivity index (χ0v) is 17.0. The van der Waals surface area contributed by atoms with Crippen LogP contribution in [-0.4, -0.2) is 74.4 Å². The number of ether oxygens (including phenoxy) is 2. The zero-order chi connectivity index (χ0) is 23.3. The molecule has 9 nitrogen and oxygen atoms in total. The first-order valence-corrected chi connectivity index (χ1v) is 9.76. The van der Waals surface area contributed by atoms with E-state index in [0.717, 1.165) is 12.1 Å². The molecule has 32 heavy (non-hydrogen) atoms. The number of hydrogen-bond acceptors (Lipinski definition) is 7. The van der Waals surface area contributed by atoms with Gasteiger partial charge < -0.3 is 19.5 Å². The van der Waals surface area contributed by atoms with Gasteiger partial charge in [0.25, 0.3) is 5.91 Å². The Hall–Kier alpha value is -3.28. The molecule has 2 aliphatic heterocycles. The van der Waals surface area contributed by atoms with Crippen molar-refractivity contribution in [2.75, 3.05) is 13.2 Å². The number of fused-ring (bicyclic) bond motifs is 1. The molecule has 2 saturated heterocycles. The summed E-state index contributed by atoms with van der Waals surface area (Å²) in [6.45, 7) is 3.08. The molecule has 172 valence electrons. The fourth-order valence-electron chi connectivity index (χ4n) is 3.49. The largest absolute Gasteiger partial charge is 0.490 e. The molecule has 0 aliphatic carbocycles. The van der Waals surface area contributed by atoms with E-state index < -0.39 is 12.1 Å². The highest BCUT2D eigenvalue weighted by Gasteiger charge is 2.45. The van der Waals surface area contributed by atoms with Crippen LogP contribution < -0.4 is 4.74 Å². The zero-order valence-electron chi connectivity index (χ0n) is 17.0. The number of pyridine rings is 1. The summed E-state index contributed by atoms with van der Waals surface area (Å²) in [6.07, 6.45) is 1.04. The number of carbonyl (C=O) groups excluding carboxylic acids is 1. The van der Waals surface area contributed by atoms with Crippen molar-refractivity contribution in [3.63, 3.8) is 0 Å². The maximum absolute atomic E-state index is 12.8. The third kappa shape index (κ3) is 5.69. The number of rotatable bonds is 3. The summed E-state index contributed by atoms with van der Waals surface area (Å²) in [7, 11) is 0. The lowest BCUT2D eigenvalue weighted by Gasteiger charge is -2.40. The van der Waals surface area contributed by atoms with E-state index in [1.807, 2.05) is 30.0 Å². The number of likely N-dealkylation sites (tertiary alicyclic amines) is 1. The van der Waals surface area contributed by atoms with Crippen LogP contribution in [0.15, 0.2) is 36.8 Å². The molecule has 2 aromatic heterocycles. The molecule has 3 atom stereocenters. The molecule has 0 spiro atoms. The predicted octanol–water partition coefficient (Wildman–Crippen LogP) is 2.26. The number of alkyl halides is 3. The number of aromatic nitrogens is 3. The Morgan fingerprint density at radius 1 is 1.19 bits per heavy atom. The van der Waals surface area contributed by atoms with Crippen LogP contribution in [0.3, 0.4) is 0 Å². The fourth-order valence-corrected chi connectivity index (χ4v) is 3.49. The topological polar surface area (TPSA) is 115 Å². The van der Waals surface area contributed by atoms with Crippen molar-refractivity contribution < 1.29 is 37.3 Å². The number of carboxylic acids is 1. The van der Waals surface area contributed by atoms with Crippen molar-refractivity contribution in [3.05, 3.63) is 48.2 Å². The molecule has 2 aliphatic rings. The van der Waals surface area contributed by atoms with Crippen molar-refractivity contribution >= 4 is 11.9 Å². The molecule has 1 amide bonds. The molecular weight excluding hydrogens is 433 g/mol. The van der Waals surface area contributed by atoms with Crippen LogP contribution in [0, 0.1) is 6.92 Å². The van der Waals surface area contributed by atoms with Crippen LogP contribution in [0.2, 0.25) is 0 Å². The molecule has 4 heterocycles. The average molecular weight is 454 g/mol. The minimum absolute atomic E-state index is 0.00179. The number of aryl methyl sites for hydroxylation is 1. The molecule has 4 rings (SSSR count).